The van der Waals surface area contributed by atoms with E-state index in [0.29, 0.717) is 0 Å². The molecule has 21 heavy (non-hydrogen) atoms. The number of non-ortho nitro benzene ring substituents is 1. The van der Waals surface area contributed by atoms with Gasteiger partial charge in [0.05, 0.1) is 10.4 Å². The van der Waals surface area contributed by atoms with Crippen molar-refractivity contribution in [2.45, 2.75) is 20.4 Å². The van der Waals surface area contributed by atoms with Gasteiger partial charge in [0.1, 0.15) is 0 Å². The summed E-state index contributed by atoms with van der Waals surface area (Å²) in [4.78, 5) is 10.4. The van der Waals surface area contributed by atoms with Gasteiger partial charge in [-0.3, -0.25) is 10.1 Å². The third-order valence-electron chi connectivity index (χ3n) is 3.04. The fourth-order valence-corrected chi connectivity index (χ4v) is 1.86. The molecule has 0 radical (unpaired) electrons. The molecular formula is C15H23N3O3. The second kappa shape index (κ2) is 9.10. The second-order valence-electron chi connectivity index (χ2n) is 4.44. The van der Waals surface area contributed by atoms with E-state index in [1.165, 1.54) is 6.07 Å². The normalized spacial score (nSPS) is 10.2. The predicted octanol–water partition coefficient (Wildman–Crippen LogP) is 2.81. The van der Waals surface area contributed by atoms with Crippen molar-refractivity contribution in [3.63, 3.8) is 0 Å². The van der Waals surface area contributed by atoms with Crippen LogP contribution in [0, 0.1) is 10.1 Å². The van der Waals surface area contributed by atoms with Crippen LogP contribution >= 0.6 is 0 Å². The lowest BCUT2D eigenvalue weighted by atomic mass is 10.2. The van der Waals surface area contributed by atoms with E-state index in [-0.39, 0.29) is 10.6 Å². The summed E-state index contributed by atoms with van der Waals surface area (Å²) in [6.07, 6.45) is 1.96. The molecule has 116 valence electrons. The average Bonchev–Trinajstić information content (AvgIpc) is 2.90. The van der Waals surface area contributed by atoms with E-state index in [1.807, 2.05) is 23.8 Å². The van der Waals surface area contributed by atoms with E-state index >= 15 is 0 Å². The number of methoxy groups -OCH3 is 1. The van der Waals surface area contributed by atoms with Crippen LogP contribution in [0.25, 0.3) is 10.9 Å². The van der Waals surface area contributed by atoms with Crippen molar-refractivity contribution in [3.05, 3.63) is 40.6 Å². The number of aromatic nitrogens is 1. The van der Waals surface area contributed by atoms with E-state index in [1.54, 1.807) is 19.2 Å². The van der Waals surface area contributed by atoms with Crippen LogP contribution in [0.1, 0.15) is 13.8 Å². The van der Waals surface area contributed by atoms with Crippen LogP contribution < -0.4 is 5.32 Å². The van der Waals surface area contributed by atoms with Crippen molar-refractivity contribution in [1.82, 2.24) is 9.88 Å². The zero-order valence-electron chi connectivity index (χ0n) is 12.8. The van der Waals surface area contributed by atoms with Crippen molar-refractivity contribution in [2.75, 3.05) is 26.8 Å². The lowest BCUT2D eigenvalue weighted by Crippen LogP contribution is -2.18. The van der Waals surface area contributed by atoms with Gasteiger partial charge in [0.2, 0.25) is 0 Å². The molecule has 1 heterocycles. The van der Waals surface area contributed by atoms with Gasteiger partial charge in [-0.25, -0.2) is 0 Å². The highest BCUT2D eigenvalue weighted by molar-refractivity contribution is 5.82. The minimum atomic E-state index is -0.360. The first kappa shape index (κ1) is 17.1. The number of hydrogen-bond donors (Lipinski definition) is 1. The molecule has 0 amide bonds. The standard InChI is InChI=1S/C12H15N3O2.C3H8O/c1-2-13-6-8-14-7-5-10-3-4-11(15(16)17)9-12(10)14;1-3-4-2/h3-5,7,9,13H,2,6,8H2,1H3;3H2,1-2H3. The van der Waals surface area contributed by atoms with Crippen LogP contribution in [0.2, 0.25) is 0 Å². The van der Waals surface area contributed by atoms with E-state index < -0.39 is 0 Å². The highest BCUT2D eigenvalue weighted by Gasteiger charge is 2.08. The minimum Gasteiger partial charge on any atom is -0.385 e. The Bertz CT molecular complexity index is 564. The molecule has 0 aliphatic rings. The molecule has 1 aromatic heterocycles. The quantitative estimate of drug-likeness (QED) is 0.505. The number of rotatable bonds is 6. The molecule has 2 aromatic rings. The Balaban J connectivity index is 0.000000491. The van der Waals surface area contributed by atoms with Gasteiger partial charge in [0, 0.05) is 50.5 Å². The monoisotopic (exact) mass is 293 g/mol. The van der Waals surface area contributed by atoms with Crippen LogP contribution in [-0.4, -0.2) is 36.3 Å². The number of nitro benzene ring substituents is 1. The maximum atomic E-state index is 10.7. The van der Waals surface area contributed by atoms with Crippen LogP contribution in [0.3, 0.4) is 0 Å². The van der Waals surface area contributed by atoms with Crippen molar-refractivity contribution >= 4 is 16.6 Å². The zero-order valence-corrected chi connectivity index (χ0v) is 12.8. The number of nitrogens with zero attached hydrogens (tertiary/aromatic N) is 2. The number of nitro groups is 1. The zero-order chi connectivity index (χ0) is 15.7. The highest BCUT2D eigenvalue weighted by Crippen LogP contribution is 2.21. The average molecular weight is 293 g/mol. The summed E-state index contributed by atoms with van der Waals surface area (Å²) in [5.74, 6) is 0. The Morgan fingerprint density at radius 2 is 2.05 bits per heavy atom. The molecule has 0 saturated heterocycles. The van der Waals surface area contributed by atoms with Crippen LogP contribution in [0.4, 0.5) is 5.69 Å². The van der Waals surface area contributed by atoms with E-state index in [2.05, 4.69) is 17.0 Å². The lowest BCUT2D eigenvalue weighted by Gasteiger charge is -2.05. The molecule has 2 rings (SSSR count). The van der Waals surface area contributed by atoms with Crippen molar-refractivity contribution in [2.24, 2.45) is 0 Å². The molecule has 0 unspecified atom stereocenters. The minimum absolute atomic E-state index is 0.140. The number of likely N-dealkylation sites (N-methyl/N-ethyl adjacent to an activating group) is 1. The summed E-state index contributed by atoms with van der Waals surface area (Å²) in [5, 5.41) is 15.0. The molecule has 0 saturated carbocycles. The van der Waals surface area contributed by atoms with Crippen molar-refractivity contribution in [1.29, 1.82) is 0 Å². The number of ether oxygens (including phenoxy) is 1. The molecule has 6 heteroatoms. The van der Waals surface area contributed by atoms with Gasteiger partial charge in [-0.05, 0) is 25.6 Å². The van der Waals surface area contributed by atoms with Gasteiger partial charge in [-0.1, -0.05) is 6.92 Å². The van der Waals surface area contributed by atoms with Gasteiger partial charge in [-0.2, -0.15) is 0 Å². The maximum Gasteiger partial charge on any atom is 0.271 e. The van der Waals surface area contributed by atoms with Gasteiger partial charge in [0.25, 0.3) is 5.69 Å². The third kappa shape index (κ3) is 5.17. The van der Waals surface area contributed by atoms with E-state index in [9.17, 15) is 10.1 Å². The molecule has 1 aromatic carbocycles. The summed E-state index contributed by atoms with van der Waals surface area (Å²) in [6.45, 7) is 7.44. The fraction of sp³-hybridized carbons (Fsp3) is 0.467. The van der Waals surface area contributed by atoms with Crippen LogP contribution in [-0.2, 0) is 11.3 Å². The topological polar surface area (TPSA) is 69.3 Å². The van der Waals surface area contributed by atoms with E-state index in [4.69, 9.17) is 0 Å². The van der Waals surface area contributed by atoms with Crippen LogP contribution in [0.5, 0.6) is 0 Å². The predicted molar refractivity (Wildman–Crippen MR) is 84.7 cm³/mol. The Morgan fingerprint density at radius 1 is 1.33 bits per heavy atom. The van der Waals surface area contributed by atoms with Gasteiger partial charge >= 0.3 is 0 Å². The summed E-state index contributed by atoms with van der Waals surface area (Å²) < 4.78 is 6.57. The second-order valence-corrected chi connectivity index (χ2v) is 4.44. The first-order valence-corrected chi connectivity index (χ1v) is 7.07. The Labute approximate surface area is 124 Å². The molecule has 0 atom stereocenters. The molecular weight excluding hydrogens is 270 g/mol. The van der Waals surface area contributed by atoms with E-state index in [0.717, 1.165) is 37.1 Å². The smallest absolute Gasteiger partial charge is 0.271 e. The molecule has 0 bridgehead atoms. The molecule has 0 fully saturated rings. The number of benzene rings is 1. The number of fused-ring (bicyclic) bond motifs is 1. The van der Waals surface area contributed by atoms with Gasteiger partial charge in [-0.15, -0.1) is 0 Å². The van der Waals surface area contributed by atoms with Crippen molar-refractivity contribution < 1.29 is 9.66 Å². The molecule has 0 spiro atoms. The SMILES string of the molecule is CCNCCn1ccc2ccc([N+](=O)[O-])cc21.CCOC. The highest BCUT2D eigenvalue weighted by atomic mass is 16.6. The molecule has 0 aliphatic carbocycles. The Hall–Kier alpha value is -1.92. The Morgan fingerprint density at radius 3 is 2.62 bits per heavy atom. The molecule has 1 N–H and O–H groups in total. The third-order valence-corrected chi connectivity index (χ3v) is 3.04. The number of hydrogen-bond acceptors (Lipinski definition) is 4. The summed E-state index contributed by atoms with van der Waals surface area (Å²) >= 11 is 0. The van der Waals surface area contributed by atoms with Gasteiger partial charge in [0.15, 0.2) is 0 Å². The maximum absolute atomic E-state index is 10.7. The first-order valence-electron chi connectivity index (χ1n) is 7.07. The van der Waals surface area contributed by atoms with Crippen LogP contribution in [0.15, 0.2) is 30.5 Å². The summed E-state index contributed by atoms with van der Waals surface area (Å²) in [6, 6.07) is 6.93. The van der Waals surface area contributed by atoms with Gasteiger partial charge < -0.3 is 14.6 Å². The number of nitrogens with one attached hydrogen (secondary N) is 1. The molecule has 0 aliphatic heterocycles. The summed E-state index contributed by atoms with van der Waals surface area (Å²) in [7, 11) is 1.68. The molecule has 6 nitrogen and oxygen atoms in total. The first-order chi connectivity index (χ1) is 10.1. The fourth-order valence-electron chi connectivity index (χ4n) is 1.86. The lowest BCUT2D eigenvalue weighted by molar-refractivity contribution is -0.384. The Kier molecular flexibility index (Phi) is 7.42. The van der Waals surface area contributed by atoms with Crippen molar-refractivity contribution in [3.8, 4) is 0 Å². The summed E-state index contributed by atoms with van der Waals surface area (Å²) in [5.41, 5.74) is 1.05. The largest absolute Gasteiger partial charge is 0.385 e.